The van der Waals surface area contributed by atoms with Crippen LogP contribution in [0.5, 0.6) is 0 Å². The van der Waals surface area contributed by atoms with Gasteiger partial charge in [-0.3, -0.25) is 14.6 Å². The van der Waals surface area contributed by atoms with Gasteiger partial charge in [0, 0.05) is 44.6 Å². The van der Waals surface area contributed by atoms with E-state index in [1.54, 1.807) is 18.5 Å². The highest BCUT2D eigenvalue weighted by Gasteiger charge is 2.30. The minimum Gasteiger partial charge on any atom is -0.352 e. The van der Waals surface area contributed by atoms with E-state index >= 15 is 0 Å². The van der Waals surface area contributed by atoms with Crippen molar-refractivity contribution in [1.82, 2.24) is 20.5 Å². The molecule has 1 aromatic carbocycles. The third-order valence-electron chi connectivity index (χ3n) is 4.28. The van der Waals surface area contributed by atoms with Crippen molar-refractivity contribution in [3.05, 3.63) is 65.5 Å². The Balaban J connectivity index is 0.00000280. The number of carbonyl (C=O) groups excluding carboxylic acids is 2. The molecule has 0 aliphatic carbocycles. The van der Waals surface area contributed by atoms with E-state index in [0.717, 1.165) is 11.6 Å². The van der Waals surface area contributed by atoms with E-state index in [1.807, 2.05) is 6.07 Å². The monoisotopic (exact) mass is 410 g/mol. The second-order valence-corrected chi connectivity index (χ2v) is 6.39. The number of hydrogen-bond donors (Lipinski definition) is 2. The highest BCUT2D eigenvalue weighted by atomic mass is 35.5. The van der Waals surface area contributed by atoms with Gasteiger partial charge in [-0.2, -0.15) is 0 Å². The molecule has 0 spiro atoms. The molecule has 1 saturated heterocycles. The Hall–Kier alpha value is -2.58. The summed E-state index contributed by atoms with van der Waals surface area (Å²) in [5, 5.41) is 5.78. The fourth-order valence-electron chi connectivity index (χ4n) is 2.99. The van der Waals surface area contributed by atoms with Gasteiger partial charge < -0.3 is 15.5 Å². The molecule has 2 aromatic rings. The summed E-state index contributed by atoms with van der Waals surface area (Å²) < 4.78 is 26.7. The molecule has 28 heavy (non-hydrogen) atoms. The fourth-order valence-corrected chi connectivity index (χ4v) is 2.99. The van der Waals surface area contributed by atoms with E-state index < -0.39 is 17.7 Å². The largest absolute Gasteiger partial charge is 0.352 e. The van der Waals surface area contributed by atoms with Crippen LogP contribution in [-0.4, -0.2) is 40.8 Å². The molecule has 0 saturated carbocycles. The summed E-state index contributed by atoms with van der Waals surface area (Å²) in [4.78, 5) is 30.2. The zero-order chi connectivity index (χ0) is 19.2. The van der Waals surface area contributed by atoms with Crippen LogP contribution in [-0.2, 0) is 22.7 Å². The van der Waals surface area contributed by atoms with Crippen LogP contribution in [0.25, 0.3) is 0 Å². The average Bonchev–Trinajstić information content (AvgIpc) is 2.63. The predicted octanol–water partition coefficient (Wildman–Crippen LogP) is 1.79. The zero-order valence-electron chi connectivity index (χ0n) is 15.0. The van der Waals surface area contributed by atoms with Gasteiger partial charge in [0.1, 0.15) is 11.6 Å². The number of halogens is 3. The molecule has 1 atom stereocenters. The first-order valence-electron chi connectivity index (χ1n) is 8.64. The Morgan fingerprint density at radius 3 is 2.68 bits per heavy atom. The smallest absolute Gasteiger partial charge is 0.240 e. The summed E-state index contributed by atoms with van der Waals surface area (Å²) in [6.07, 6.45) is 3.30. The topological polar surface area (TPSA) is 74.3 Å². The second kappa shape index (κ2) is 10.1. The Kier molecular flexibility index (Phi) is 7.83. The number of piperazine rings is 1. The van der Waals surface area contributed by atoms with Crippen LogP contribution in [0.1, 0.15) is 17.5 Å². The van der Waals surface area contributed by atoms with Crippen LogP contribution < -0.4 is 10.6 Å². The van der Waals surface area contributed by atoms with Gasteiger partial charge in [-0.15, -0.1) is 12.4 Å². The van der Waals surface area contributed by atoms with Crippen LogP contribution in [0, 0.1) is 11.6 Å². The molecule has 2 amide bonds. The quantitative estimate of drug-likeness (QED) is 0.761. The number of aromatic nitrogens is 1. The predicted molar refractivity (Wildman–Crippen MR) is 102 cm³/mol. The number of pyridine rings is 1. The lowest BCUT2D eigenvalue weighted by Gasteiger charge is -2.33. The van der Waals surface area contributed by atoms with Crippen LogP contribution in [0.3, 0.4) is 0 Å². The Bertz CT molecular complexity index is 803. The summed E-state index contributed by atoms with van der Waals surface area (Å²) >= 11 is 0. The minimum atomic E-state index is -0.682. The van der Waals surface area contributed by atoms with Gasteiger partial charge in [0.05, 0.1) is 12.5 Å². The first-order valence-corrected chi connectivity index (χ1v) is 8.64. The lowest BCUT2D eigenvalue weighted by molar-refractivity contribution is -0.138. The maximum absolute atomic E-state index is 13.3. The van der Waals surface area contributed by atoms with Crippen LogP contribution in [0.15, 0.2) is 42.7 Å². The summed E-state index contributed by atoms with van der Waals surface area (Å²) in [7, 11) is 0. The van der Waals surface area contributed by atoms with Gasteiger partial charge in [0.2, 0.25) is 11.8 Å². The van der Waals surface area contributed by atoms with Gasteiger partial charge in [-0.1, -0.05) is 6.07 Å². The molecule has 1 unspecified atom stereocenters. The van der Waals surface area contributed by atoms with Crippen LogP contribution in [0.2, 0.25) is 0 Å². The normalized spacial score (nSPS) is 16.4. The van der Waals surface area contributed by atoms with E-state index in [2.05, 4.69) is 15.6 Å². The lowest BCUT2D eigenvalue weighted by atomic mass is 10.1. The van der Waals surface area contributed by atoms with Crippen molar-refractivity contribution in [1.29, 1.82) is 0 Å². The first-order chi connectivity index (χ1) is 13.0. The second-order valence-electron chi connectivity index (χ2n) is 6.39. The number of hydrogen-bond acceptors (Lipinski definition) is 4. The molecule has 150 valence electrons. The van der Waals surface area contributed by atoms with E-state index in [1.165, 1.54) is 17.0 Å². The van der Waals surface area contributed by atoms with Gasteiger partial charge in [0.25, 0.3) is 0 Å². The standard InChI is InChI=1S/C19H20F2N4O2.ClH/c20-15-6-14(7-16(21)8-15)12-25-5-4-23-17(19(25)27)9-18(26)24-11-13-2-1-3-22-10-13;/h1-3,6-8,10,17,23H,4-5,9,11-12H2,(H,24,26);1H. The van der Waals surface area contributed by atoms with Crippen molar-refractivity contribution < 1.29 is 18.4 Å². The van der Waals surface area contributed by atoms with Crippen molar-refractivity contribution in [2.24, 2.45) is 0 Å². The molecule has 0 bridgehead atoms. The average molecular weight is 411 g/mol. The highest BCUT2D eigenvalue weighted by molar-refractivity contribution is 5.88. The van der Waals surface area contributed by atoms with Gasteiger partial charge in [-0.05, 0) is 29.3 Å². The van der Waals surface area contributed by atoms with Crippen molar-refractivity contribution in [3.8, 4) is 0 Å². The molecule has 6 nitrogen and oxygen atoms in total. The number of nitrogens with one attached hydrogen (secondary N) is 2. The molecule has 1 aliphatic heterocycles. The van der Waals surface area contributed by atoms with Crippen LogP contribution in [0.4, 0.5) is 8.78 Å². The van der Waals surface area contributed by atoms with Crippen molar-refractivity contribution >= 4 is 24.2 Å². The van der Waals surface area contributed by atoms with Crippen LogP contribution >= 0.6 is 12.4 Å². The zero-order valence-corrected chi connectivity index (χ0v) is 15.8. The molecular formula is C19H21ClF2N4O2. The number of nitrogens with zero attached hydrogens (tertiary/aromatic N) is 2. The van der Waals surface area contributed by atoms with Gasteiger partial charge >= 0.3 is 0 Å². The number of rotatable bonds is 6. The summed E-state index contributed by atoms with van der Waals surface area (Å²) in [5.74, 6) is -1.89. The molecule has 2 N–H and O–H groups in total. The molecule has 9 heteroatoms. The maximum Gasteiger partial charge on any atom is 0.240 e. The molecule has 3 rings (SSSR count). The number of amides is 2. The summed E-state index contributed by atoms with van der Waals surface area (Å²) in [5.41, 5.74) is 1.24. The van der Waals surface area contributed by atoms with Gasteiger partial charge in [-0.25, -0.2) is 8.78 Å². The lowest BCUT2D eigenvalue weighted by Crippen LogP contribution is -2.55. The third-order valence-corrected chi connectivity index (χ3v) is 4.28. The number of benzene rings is 1. The molecule has 1 aliphatic rings. The minimum absolute atomic E-state index is 0. The third kappa shape index (κ3) is 5.97. The Morgan fingerprint density at radius 1 is 1.25 bits per heavy atom. The van der Waals surface area contributed by atoms with E-state index in [0.29, 0.717) is 25.2 Å². The van der Waals surface area contributed by atoms with Crippen molar-refractivity contribution in [2.45, 2.75) is 25.6 Å². The maximum atomic E-state index is 13.3. The molecule has 2 heterocycles. The SMILES string of the molecule is Cl.O=C(CC1NCCN(Cc2cc(F)cc(F)c2)C1=O)NCc1cccnc1. The highest BCUT2D eigenvalue weighted by Crippen LogP contribution is 2.14. The first kappa shape index (κ1) is 21.7. The number of carbonyl (C=O) groups is 2. The van der Waals surface area contributed by atoms with Gasteiger partial charge in [0.15, 0.2) is 0 Å². The van der Waals surface area contributed by atoms with Crippen molar-refractivity contribution in [3.63, 3.8) is 0 Å². The molecule has 1 fully saturated rings. The Labute approximate surface area is 167 Å². The molecule has 1 aromatic heterocycles. The van der Waals surface area contributed by atoms with E-state index in [-0.39, 0.29) is 37.2 Å². The van der Waals surface area contributed by atoms with E-state index in [4.69, 9.17) is 0 Å². The summed E-state index contributed by atoms with van der Waals surface area (Å²) in [6.45, 7) is 1.34. The molecule has 0 radical (unpaired) electrons. The summed E-state index contributed by atoms with van der Waals surface area (Å²) in [6, 6.07) is 6.16. The molecular weight excluding hydrogens is 390 g/mol. The Morgan fingerprint density at radius 2 is 2.00 bits per heavy atom. The van der Waals surface area contributed by atoms with Crippen molar-refractivity contribution in [2.75, 3.05) is 13.1 Å². The fraction of sp³-hybridized carbons (Fsp3) is 0.316. The van der Waals surface area contributed by atoms with E-state index in [9.17, 15) is 18.4 Å².